The Hall–Kier alpha value is 2.03. The van der Waals surface area contributed by atoms with Crippen LogP contribution in [0.4, 0.5) is 0 Å². The molecule has 0 bridgehead atoms. The van der Waals surface area contributed by atoms with Crippen molar-refractivity contribution in [3.8, 4) is 0 Å². The summed E-state index contributed by atoms with van der Waals surface area (Å²) in [6, 6.07) is 0. The smallest absolute Gasteiger partial charge is 0.0108 e. The van der Waals surface area contributed by atoms with E-state index in [4.69, 9.17) is 0 Å². The predicted octanol–water partition coefficient (Wildman–Crippen LogP) is 6.13. The average molecular weight is 554 g/mol. The Morgan fingerprint density at radius 3 is 0.455 bits per heavy atom. The van der Waals surface area contributed by atoms with Crippen molar-refractivity contribution >= 4 is 62.8 Å². The van der Waals surface area contributed by atoms with Gasteiger partial charge in [0.1, 0.15) is 0 Å². The van der Waals surface area contributed by atoms with Crippen LogP contribution < -0.4 is 0 Å². The van der Waals surface area contributed by atoms with E-state index in [1.54, 1.807) is 0 Å². The molecule has 0 unspecified atom stereocenters. The Bertz CT molecular complexity index is 175. The molecule has 0 N–H and O–H groups in total. The maximum absolute atomic E-state index is 2.42. The summed E-state index contributed by atoms with van der Waals surface area (Å²) in [5.41, 5.74) is 0. The topological polar surface area (TPSA) is 0 Å². The molecule has 8 radical (unpaired) electrons. The summed E-state index contributed by atoms with van der Waals surface area (Å²) in [6.07, 6.45) is 0. The third-order valence-electron chi connectivity index (χ3n) is 1.50. The van der Waals surface area contributed by atoms with Crippen LogP contribution in [0.2, 0.25) is 26.8 Å². The Morgan fingerprint density at radius 2 is 0.455 bits per heavy atom. The van der Waals surface area contributed by atoms with Gasteiger partial charge >= 0.3 is 139 Å². The van der Waals surface area contributed by atoms with Gasteiger partial charge in [0.05, 0.1) is 0 Å². The van der Waals surface area contributed by atoms with Gasteiger partial charge in [0, 0.05) is 20.5 Å². The van der Waals surface area contributed by atoms with Crippen molar-refractivity contribution in [3.63, 3.8) is 0 Å². The fraction of sp³-hybridized carbons (Fsp3) is 1.00. The van der Waals surface area contributed by atoms with E-state index in [0.29, 0.717) is 13.7 Å². The van der Waals surface area contributed by atoms with E-state index in [1.165, 1.54) is 0 Å². The number of hydrogen-bond donors (Lipinski definition) is 0. The van der Waals surface area contributed by atoms with Gasteiger partial charge in [0.25, 0.3) is 0 Å². The molecule has 0 aliphatic rings. The van der Waals surface area contributed by atoms with Crippen LogP contribution in [0.1, 0.15) is 83.1 Å². The zero-order valence-electron chi connectivity index (χ0n) is 18.2. The van der Waals surface area contributed by atoms with Crippen LogP contribution in [-0.4, -0.2) is 62.8 Å². The molecule has 0 spiro atoms. The second-order valence-corrected chi connectivity index (χ2v) is 27.8. The minimum Gasteiger partial charge on any atom is -0.0765 e. The normalized spacial score (nSPS) is 12.0. The monoisotopic (exact) mass is 556 g/mol. The molecule has 0 fully saturated rings. The minimum absolute atomic E-state index is 0.182. The standard InChI is InChI=1S/4C4H9.2CH4Si.2Sn/c4*1-4(2)3;2*1-2;;/h4*1-3H3;2*2H,1H3;;. The van der Waals surface area contributed by atoms with Crippen molar-refractivity contribution in [3.05, 3.63) is 0 Å². The molecule has 0 aromatic carbocycles. The summed E-state index contributed by atoms with van der Waals surface area (Å²) in [5, 5.41) is 0. The van der Waals surface area contributed by atoms with Crippen LogP contribution in [0.5, 0.6) is 0 Å². The van der Waals surface area contributed by atoms with E-state index in [9.17, 15) is 0 Å². The Kier molecular flexibility index (Phi) is 20.5. The minimum atomic E-state index is -0.182. The SMILES string of the molecule is C[C](C)(C)[Sn][C](C)(C)C.C[C](C)(C)[Sn][C](C)(C)C.C[SiH].C[SiH]. The molecule has 0 aromatic rings. The van der Waals surface area contributed by atoms with Crippen LogP contribution in [0, 0.1) is 0 Å². The molecule has 0 amide bonds. The summed E-state index contributed by atoms with van der Waals surface area (Å²) < 4.78 is 2.62. The van der Waals surface area contributed by atoms with E-state index in [-0.39, 0.29) is 42.3 Å². The second-order valence-electron chi connectivity index (χ2n) is 9.25. The van der Waals surface area contributed by atoms with E-state index in [1.807, 2.05) is 13.1 Å². The van der Waals surface area contributed by atoms with Gasteiger partial charge in [-0.15, -0.1) is 0 Å². The zero-order chi connectivity index (χ0) is 19.4. The fourth-order valence-electron chi connectivity index (χ4n) is 2.25. The van der Waals surface area contributed by atoms with E-state index in [0.717, 1.165) is 0 Å². The summed E-state index contributed by atoms with van der Waals surface area (Å²) in [6.45, 7) is 32.2. The molecule has 0 nitrogen and oxygen atoms in total. The molecular weight excluding hydrogens is 510 g/mol. The Balaban J connectivity index is -0.000000120. The zero-order valence-corrected chi connectivity index (χ0v) is 26.2. The van der Waals surface area contributed by atoms with Gasteiger partial charge in [-0.25, -0.2) is 0 Å². The Labute approximate surface area is 171 Å². The molecule has 0 aliphatic heterocycles. The van der Waals surface area contributed by atoms with E-state index in [2.05, 4.69) is 104 Å². The van der Waals surface area contributed by atoms with Crippen LogP contribution in [-0.2, 0) is 0 Å². The molecule has 0 saturated carbocycles. The van der Waals surface area contributed by atoms with E-state index >= 15 is 0 Å². The van der Waals surface area contributed by atoms with Gasteiger partial charge < -0.3 is 0 Å². The third kappa shape index (κ3) is 49.5. The molecular formula is C18H44Si2Sn2. The second kappa shape index (κ2) is 14.2. The maximum atomic E-state index is 2.42. The first kappa shape index (κ1) is 31.8. The molecule has 0 saturated heterocycles. The molecule has 0 rings (SSSR count). The molecule has 0 aliphatic carbocycles. The maximum Gasteiger partial charge on any atom is 0.0108 e. The van der Waals surface area contributed by atoms with Crippen molar-refractivity contribution in [2.45, 2.75) is 110 Å². The first-order chi connectivity index (χ1) is 9.41. The quantitative estimate of drug-likeness (QED) is 0.317. The van der Waals surface area contributed by atoms with Gasteiger partial charge in [-0.2, -0.15) is 0 Å². The number of rotatable bonds is 0. The van der Waals surface area contributed by atoms with Crippen LogP contribution in [0.15, 0.2) is 0 Å². The summed E-state index contributed by atoms with van der Waals surface area (Å²) in [5.74, 6) is 0. The first-order valence-electron chi connectivity index (χ1n) is 8.15. The van der Waals surface area contributed by atoms with Crippen LogP contribution in [0.25, 0.3) is 0 Å². The molecule has 22 heavy (non-hydrogen) atoms. The van der Waals surface area contributed by atoms with Crippen LogP contribution in [0.3, 0.4) is 0 Å². The van der Waals surface area contributed by atoms with Crippen molar-refractivity contribution in [1.29, 1.82) is 0 Å². The van der Waals surface area contributed by atoms with Crippen molar-refractivity contribution in [2.75, 3.05) is 0 Å². The van der Waals surface area contributed by atoms with Gasteiger partial charge in [0.2, 0.25) is 0 Å². The third-order valence-corrected chi connectivity index (χ3v) is 10.1. The van der Waals surface area contributed by atoms with Crippen LogP contribution >= 0.6 is 0 Å². The number of hydrogen-bond acceptors (Lipinski definition) is 0. The molecule has 0 heterocycles. The summed E-state index contributed by atoms with van der Waals surface area (Å²) >= 11 is -0.363. The fourth-order valence-corrected chi connectivity index (χ4v) is 15.1. The first-order valence-corrected chi connectivity index (χ1v) is 16.2. The Morgan fingerprint density at radius 1 is 0.364 bits per heavy atom. The van der Waals surface area contributed by atoms with Gasteiger partial charge in [-0.1, -0.05) is 13.1 Å². The van der Waals surface area contributed by atoms with Crippen molar-refractivity contribution in [2.24, 2.45) is 0 Å². The summed E-state index contributed by atoms with van der Waals surface area (Å²) in [4.78, 5) is 0. The van der Waals surface area contributed by atoms with E-state index < -0.39 is 0 Å². The van der Waals surface area contributed by atoms with Gasteiger partial charge in [-0.05, 0) is 0 Å². The van der Waals surface area contributed by atoms with Crippen molar-refractivity contribution in [1.82, 2.24) is 0 Å². The molecule has 0 aromatic heterocycles. The van der Waals surface area contributed by atoms with Gasteiger partial charge in [-0.3, -0.25) is 0 Å². The summed E-state index contributed by atoms with van der Waals surface area (Å²) in [7, 11) is 4.83. The largest absolute Gasteiger partial charge is 0.0765 e. The molecule has 4 heteroatoms. The molecule has 0 atom stereocenters. The van der Waals surface area contributed by atoms with Gasteiger partial charge in [0.15, 0.2) is 0 Å². The average Bonchev–Trinajstić information content (AvgIpc) is 2.13. The van der Waals surface area contributed by atoms with Crippen molar-refractivity contribution < 1.29 is 0 Å². The molecule has 132 valence electrons. The predicted molar refractivity (Wildman–Crippen MR) is 116 cm³/mol.